The van der Waals surface area contributed by atoms with Crippen molar-refractivity contribution in [2.45, 2.75) is 45.1 Å². The number of amides is 1. The Kier molecular flexibility index (Phi) is 9.70. The molecule has 0 radical (unpaired) electrons. The standard InChI is InChI=1S/C18H31NO3/c1-6-9-18(10-7-2,11-8-3)15-19-16(21)14-22-17(4,5)12-13-20/h6-8,20H,1-3,9-15H2,4-5H3,(H,19,21). The van der Waals surface area contributed by atoms with E-state index in [2.05, 4.69) is 25.1 Å². The third-order valence-electron chi connectivity index (χ3n) is 3.70. The molecule has 0 bridgehead atoms. The van der Waals surface area contributed by atoms with Crippen LogP contribution in [-0.2, 0) is 9.53 Å². The number of rotatable bonds is 13. The van der Waals surface area contributed by atoms with Gasteiger partial charge in [0, 0.05) is 13.2 Å². The maximum absolute atomic E-state index is 12.0. The van der Waals surface area contributed by atoms with Crippen molar-refractivity contribution < 1.29 is 14.6 Å². The Labute approximate surface area is 134 Å². The van der Waals surface area contributed by atoms with E-state index >= 15 is 0 Å². The molecule has 0 unspecified atom stereocenters. The molecule has 0 aromatic carbocycles. The number of carbonyl (C=O) groups excluding carboxylic acids is 1. The van der Waals surface area contributed by atoms with Gasteiger partial charge in [-0.25, -0.2) is 0 Å². The first-order chi connectivity index (χ1) is 10.3. The van der Waals surface area contributed by atoms with Crippen molar-refractivity contribution in [3.8, 4) is 0 Å². The van der Waals surface area contributed by atoms with E-state index < -0.39 is 5.60 Å². The summed E-state index contributed by atoms with van der Waals surface area (Å²) in [6.07, 6.45) is 8.42. The number of aliphatic hydroxyl groups is 1. The van der Waals surface area contributed by atoms with Gasteiger partial charge in [-0.1, -0.05) is 18.2 Å². The predicted octanol–water partition coefficient (Wildman–Crippen LogP) is 2.99. The summed E-state index contributed by atoms with van der Waals surface area (Å²) in [5.41, 5.74) is -0.631. The van der Waals surface area contributed by atoms with Crippen molar-refractivity contribution >= 4 is 5.91 Å². The van der Waals surface area contributed by atoms with Gasteiger partial charge in [-0.3, -0.25) is 4.79 Å². The Balaban J connectivity index is 4.51. The first-order valence-electron chi connectivity index (χ1n) is 7.69. The van der Waals surface area contributed by atoms with Crippen LogP contribution in [0.25, 0.3) is 0 Å². The van der Waals surface area contributed by atoms with E-state index in [9.17, 15) is 4.79 Å². The molecule has 0 aromatic heterocycles. The van der Waals surface area contributed by atoms with Gasteiger partial charge in [-0.15, -0.1) is 19.7 Å². The molecule has 0 aliphatic carbocycles. The minimum absolute atomic E-state index is 0.0145. The molecule has 0 saturated heterocycles. The first-order valence-corrected chi connectivity index (χ1v) is 7.69. The molecular formula is C18H31NO3. The summed E-state index contributed by atoms with van der Waals surface area (Å²) in [7, 11) is 0. The molecule has 0 rings (SSSR count). The molecule has 126 valence electrons. The molecule has 0 aliphatic rings. The number of aliphatic hydroxyl groups excluding tert-OH is 1. The minimum atomic E-state index is -0.507. The zero-order chi connectivity index (χ0) is 17.1. The second kappa shape index (κ2) is 10.4. The van der Waals surface area contributed by atoms with Crippen molar-refractivity contribution in [1.29, 1.82) is 0 Å². The number of nitrogens with one attached hydrogen (secondary N) is 1. The van der Waals surface area contributed by atoms with E-state index in [4.69, 9.17) is 9.84 Å². The predicted molar refractivity (Wildman–Crippen MR) is 91.6 cm³/mol. The summed E-state index contributed by atoms with van der Waals surface area (Å²) < 4.78 is 5.54. The van der Waals surface area contributed by atoms with Crippen LogP contribution in [0.3, 0.4) is 0 Å². The van der Waals surface area contributed by atoms with Crippen molar-refractivity contribution in [3.63, 3.8) is 0 Å². The summed E-state index contributed by atoms with van der Waals surface area (Å²) in [6.45, 7) is 15.7. The molecule has 0 saturated carbocycles. The lowest BCUT2D eigenvalue weighted by atomic mass is 9.78. The fourth-order valence-electron chi connectivity index (χ4n) is 2.32. The lowest BCUT2D eigenvalue weighted by molar-refractivity contribution is -0.132. The molecule has 0 atom stereocenters. The van der Waals surface area contributed by atoms with Crippen LogP contribution in [-0.4, -0.2) is 36.4 Å². The molecule has 0 aliphatic heterocycles. The van der Waals surface area contributed by atoms with E-state index in [1.807, 2.05) is 32.1 Å². The second-order valence-electron chi connectivity index (χ2n) is 6.28. The third kappa shape index (κ3) is 8.15. The van der Waals surface area contributed by atoms with Crippen molar-refractivity contribution in [1.82, 2.24) is 5.32 Å². The normalized spacial score (nSPS) is 11.8. The van der Waals surface area contributed by atoms with Crippen LogP contribution in [0.1, 0.15) is 39.5 Å². The third-order valence-corrected chi connectivity index (χ3v) is 3.70. The monoisotopic (exact) mass is 309 g/mol. The van der Waals surface area contributed by atoms with E-state index in [0.717, 1.165) is 19.3 Å². The molecule has 2 N–H and O–H groups in total. The minimum Gasteiger partial charge on any atom is -0.396 e. The summed E-state index contributed by atoms with van der Waals surface area (Å²) in [6, 6.07) is 0. The van der Waals surface area contributed by atoms with Gasteiger partial charge >= 0.3 is 0 Å². The van der Waals surface area contributed by atoms with Crippen LogP contribution in [0.4, 0.5) is 0 Å². The quantitative estimate of drug-likeness (QED) is 0.514. The van der Waals surface area contributed by atoms with Crippen LogP contribution >= 0.6 is 0 Å². The average molecular weight is 309 g/mol. The molecule has 4 heteroatoms. The van der Waals surface area contributed by atoms with Gasteiger partial charge in [-0.2, -0.15) is 0 Å². The highest BCUT2D eigenvalue weighted by Crippen LogP contribution is 2.31. The first kappa shape index (κ1) is 20.6. The highest BCUT2D eigenvalue weighted by atomic mass is 16.5. The molecule has 0 heterocycles. The number of allylic oxidation sites excluding steroid dienone is 3. The van der Waals surface area contributed by atoms with Crippen molar-refractivity contribution in [2.24, 2.45) is 5.41 Å². The van der Waals surface area contributed by atoms with Gasteiger partial charge in [-0.05, 0) is 44.9 Å². The lowest BCUT2D eigenvalue weighted by Crippen LogP contribution is -2.40. The summed E-state index contributed by atoms with van der Waals surface area (Å²) in [5, 5.41) is 11.9. The molecule has 1 amide bonds. The molecular weight excluding hydrogens is 278 g/mol. The highest BCUT2D eigenvalue weighted by Gasteiger charge is 2.27. The Bertz CT molecular complexity index is 348. The Morgan fingerprint density at radius 3 is 2.05 bits per heavy atom. The van der Waals surface area contributed by atoms with Crippen molar-refractivity contribution in [2.75, 3.05) is 19.8 Å². The van der Waals surface area contributed by atoms with Crippen LogP contribution in [0.5, 0.6) is 0 Å². The van der Waals surface area contributed by atoms with Gasteiger partial charge in [0.05, 0.1) is 5.60 Å². The zero-order valence-corrected chi connectivity index (χ0v) is 14.1. The van der Waals surface area contributed by atoms with Gasteiger partial charge in [0.15, 0.2) is 0 Å². The fourth-order valence-corrected chi connectivity index (χ4v) is 2.32. The number of carbonyl (C=O) groups is 1. The smallest absolute Gasteiger partial charge is 0.246 e. The summed E-state index contributed by atoms with van der Waals surface area (Å²) in [4.78, 5) is 12.0. The molecule has 0 spiro atoms. The molecule has 0 fully saturated rings. The molecule has 22 heavy (non-hydrogen) atoms. The van der Waals surface area contributed by atoms with Gasteiger partial charge in [0.25, 0.3) is 0 Å². The van der Waals surface area contributed by atoms with Crippen molar-refractivity contribution in [3.05, 3.63) is 38.0 Å². The number of ether oxygens (including phenoxy) is 1. The van der Waals surface area contributed by atoms with Crippen LogP contribution < -0.4 is 5.32 Å². The summed E-state index contributed by atoms with van der Waals surface area (Å²) in [5.74, 6) is -0.160. The lowest BCUT2D eigenvalue weighted by Gasteiger charge is -2.31. The van der Waals surface area contributed by atoms with Gasteiger partial charge in [0.2, 0.25) is 5.91 Å². The SMILES string of the molecule is C=CCC(CC=C)(CC=C)CNC(=O)COC(C)(C)CCO. The fraction of sp³-hybridized carbons (Fsp3) is 0.611. The molecule has 4 nitrogen and oxygen atoms in total. The van der Waals surface area contributed by atoms with E-state index in [-0.39, 0.29) is 24.5 Å². The molecule has 0 aromatic rings. The van der Waals surface area contributed by atoms with E-state index in [1.54, 1.807) is 0 Å². The van der Waals surface area contributed by atoms with Crippen LogP contribution in [0, 0.1) is 5.41 Å². The second-order valence-corrected chi connectivity index (χ2v) is 6.28. The number of hydrogen-bond acceptors (Lipinski definition) is 3. The Morgan fingerprint density at radius 1 is 1.14 bits per heavy atom. The van der Waals surface area contributed by atoms with E-state index in [0.29, 0.717) is 13.0 Å². The van der Waals surface area contributed by atoms with Crippen LogP contribution in [0.2, 0.25) is 0 Å². The van der Waals surface area contributed by atoms with Gasteiger partial charge < -0.3 is 15.2 Å². The van der Waals surface area contributed by atoms with E-state index in [1.165, 1.54) is 0 Å². The Hall–Kier alpha value is -1.39. The zero-order valence-electron chi connectivity index (χ0n) is 14.1. The largest absolute Gasteiger partial charge is 0.396 e. The average Bonchev–Trinajstić information content (AvgIpc) is 2.44. The van der Waals surface area contributed by atoms with Crippen LogP contribution in [0.15, 0.2) is 38.0 Å². The maximum Gasteiger partial charge on any atom is 0.246 e. The Morgan fingerprint density at radius 2 is 1.64 bits per heavy atom. The summed E-state index contributed by atoms with van der Waals surface area (Å²) >= 11 is 0. The highest BCUT2D eigenvalue weighted by molar-refractivity contribution is 5.77. The topological polar surface area (TPSA) is 58.6 Å². The maximum atomic E-state index is 12.0. The number of hydrogen-bond donors (Lipinski definition) is 2. The van der Waals surface area contributed by atoms with Gasteiger partial charge in [0.1, 0.15) is 6.61 Å².